The molecule has 0 bridgehead atoms. The summed E-state index contributed by atoms with van der Waals surface area (Å²) in [7, 11) is 1.64. The Balaban J connectivity index is 1.46. The van der Waals surface area contributed by atoms with Gasteiger partial charge in [0.05, 0.1) is 5.41 Å². The van der Waals surface area contributed by atoms with E-state index in [1.807, 2.05) is 6.07 Å². The number of allylic oxidation sites excluding steroid dienone is 1. The number of ether oxygens (including phenoxy) is 1. The molecule has 0 atom stereocenters. The number of nitrogens with zero attached hydrogens (tertiary/aromatic N) is 2. The zero-order chi connectivity index (χ0) is 26.2. The van der Waals surface area contributed by atoms with E-state index in [0.29, 0.717) is 59.3 Å². The summed E-state index contributed by atoms with van der Waals surface area (Å²) in [6, 6.07) is 14.0. The first kappa shape index (κ1) is 24.7. The smallest absolute Gasteiger partial charge is 0.274 e. The second kappa shape index (κ2) is 9.84. The molecular weight excluding hydrogens is 494 g/mol. The first-order chi connectivity index (χ1) is 17.8. The zero-order valence-electron chi connectivity index (χ0n) is 20.4. The van der Waals surface area contributed by atoms with Crippen LogP contribution in [0.5, 0.6) is 0 Å². The number of aryl methyl sites for hydroxylation is 1. The average molecular weight is 520 g/mol. The normalized spacial score (nSPS) is 16.6. The van der Waals surface area contributed by atoms with Crippen LogP contribution in [0.1, 0.15) is 41.4 Å². The molecule has 3 amide bonds. The molecule has 3 heterocycles. The largest absolute Gasteiger partial charge is 0.381 e. The molecule has 0 aliphatic carbocycles. The lowest BCUT2D eigenvalue weighted by molar-refractivity contribution is -0.124. The third-order valence-corrected chi connectivity index (χ3v) is 7.32. The van der Waals surface area contributed by atoms with Gasteiger partial charge in [-0.3, -0.25) is 19.1 Å². The van der Waals surface area contributed by atoms with Gasteiger partial charge < -0.3 is 20.7 Å². The van der Waals surface area contributed by atoms with Gasteiger partial charge in [0.15, 0.2) is 0 Å². The minimum Gasteiger partial charge on any atom is -0.381 e. The molecule has 3 N–H and O–H groups in total. The van der Waals surface area contributed by atoms with Gasteiger partial charge in [-0.05, 0) is 60.7 Å². The van der Waals surface area contributed by atoms with Gasteiger partial charge in [0, 0.05) is 42.9 Å². The number of aromatic nitrogens is 2. The molecule has 2 aliphatic heterocycles. The van der Waals surface area contributed by atoms with E-state index in [-0.39, 0.29) is 11.6 Å². The fourth-order valence-corrected chi connectivity index (χ4v) is 5.19. The summed E-state index contributed by atoms with van der Waals surface area (Å²) in [6.45, 7) is 2.77. The molecule has 0 saturated carbocycles. The van der Waals surface area contributed by atoms with Crippen LogP contribution in [0.4, 0.5) is 11.4 Å². The summed E-state index contributed by atoms with van der Waals surface area (Å²) in [4.78, 5) is 39.4. The summed E-state index contributed by atoms with van der Waals surface area (Å²) in [6.07, 6.45) is 2.73. The number of carbonyl (C=O) groups is 3. The highest BCUT2D eigenvalue weighted by Gasteiger charge is 2.47. The number of anilines is 2. The van der Waals surface area contributed by atoms with Crippen LogP contribution in [0.25, 0.3) is 5.57 Å². The number of halogens is 1. The van der Waals surface area contributed by atoms with E-state index in [9.17, 15) is 14.4 Å². The molecule has 1 spiro atoms. The number of rotatable bonds is 5. The highest BCUT2D eigenvalue weighted by Crippen LogP contribution is 2.45. The standard InChI is InChI=1S/C27H26ClN5O4/c1-16(18-5-3-4-6-20(18)28)23(32-24(34)22-9-12-29-33(22)2)25(35)30-17-7-8-19-21(15-17)31-26(36)27(19)10-13-37-14-11-27/h3-9,12,15H,10-11,13-14H2,1-2H3,(H,30,35)(H,31,36)(H,32,34)/b23-16+. The van der Waals surface area contributed by atoms with Crippen molar-refractivity contribution >= 4 is 46.3 Å². The number of carbonyl (C=O) groups excluding carboxylic acids is 3. The number of amides is 3. The van der Waals surface area contributed by atoms with E-state index < -0.39 is 17.2 Å². The van der Waals surface area contributed by atoms with Gasteiger partial charge in [-0.25, -0.2) is 0 Å². The Morgan fingerprint density at radius 3 is 2.59 bits per heavy atom. The Morgan fingerprint density at radius 2 is 1.89 bits per heavy atom. The predicted octanol–water partition coefficient (Wildman–Crippen LogP) is 3.87. The van der Waals surface area contributed by atoms with Crippen LogP contribution in [0.15, 0.2) is 60.4 Å². The fourth-order valence-electron chi connectivity index (χ4n) is 4.91. The van der Waals surface area contributed by atoms with Gasteiger partial charge in [0.2, 0.25) is 5.91 Å². The highest BCUT2D eigenvalue weighted by molar-refractivity contribution is 6.32. The van der Waals surface area contributed by atoms with Crippen molar-refractivity contribution in [2.24, 2.45) is 7.05 Å². The molecule has 2 aliphatic rings. The predicted molar refractivity (Wildman–Crippen MR) is 140 cm³/mol. The van der Waals surface area contributed by atoms with Crippen molar-refractivity contribution in [3.8, 4) is 0 Å². The van der Waals surface area contributed by atoms with E-state index in [1.54, 1.807) is 56.4 Å². The van der Waals surface area contributed by atoms with Crippen LogP contribution in [0.3, 0.4) is 0 Å². The van der Waals surface area contributed by atoms with E-state index in [4.69, 9.17) is 16.3 Å². The van der Waals surface area contributed by atoms with Gasteiger partial charge in [-0.15, -0.1) is 0 Å². The Labute approximate surface area is 218 Å². The zero-order valence-corrected chi connectivity index (χ0v) is 21.2. The molecule has 3 aromatic rings. The molecular formula is C27H26ClN5O4. The Kier molecular flexibility index (Phi) is 6.57. The quantitative estimate of drug-likeness (QED) is 0.443. The van der Waals surface area contributed by atoms with Crippen LogP contribution in [0, 0.1) is 0 Å². The Bertz CT molecular complexity index is 1440. The van der Waals surface area contributed by atoms with E-state index >= 15 is 0 Å². The summed E-state index contributed by atoms with van der Waals surface area (Å²) in [5.74, 6) is -1.06. The number of benzene rings is 2. The van der Waals surface area contributed by atoms with Crippen LogP contribution in [-0.2, 0) is 26.8 Å². The van der Waals surface area contributed by atoms with Crippen molar-refractivity contribution in [1.29, 1.82) is 0 Å². The maximum absolute atomic E-state index is 13.5. The molecule has 0 unspecified atom stereocenters. The van der Waals surface area contributed by atoms with Crippen LogP contribution < -0.4 is 16.0 Å². The highest BCUT2D eigenvalue weighted by atomic mass is 35.5. The average Bonchev–Trinajstić information content (AvgIpc) is 3.43. The Morgan fingerprint density at radius 1 is 1.14 bits per heavy atom. The molecule has 1 aromatic heterocycles. The third-order valence-electron chi connectivity index (χ3n) is 6.99. The van der Waals surface area contributed by atoms with Crippen molar-refractivity contribution in [3.05, 3.63) is 82.3 Å². The molecule has 5 rings (SSSR count). The van der Waals surface area contributed by atoms with Crippen molar-refractivity contribution in [3.63, 3.8) is 0 Å². The molecule has 1 saturated heterocycles. The van der Waals surface area contributed by atoms with Crippen LogP contribution in [-0.4, -0.2) is 40.7 Å². The molecule has 1 fully saturated rings. The Hall–Kier alpha value is -3.95. The fraction of sp³-hybridized carbons (Fsp3) is 0.259. The lowest BCUT2D eigenvalue weighted by atomic mass is 9.75. The molecule has 0 radical (unpaired) electrons. The second-order valence-electron chi connectivity index (χ2n) is 9.14. The summed E-state index contributed by atoms with van der Waals surface area (Å²) < 4.78 is 6.89. The number of fused-ring (bicyclic) bond motifs is 2. The molecule has 9 nitrogen and oxygen atoms in total. The van der Waals surface area contributed by atoms with E-state index in [1.165, 1.54) is 10.9 Å². The van der Waals surface area contributed by atoms with Gasteiger partial charge in [-0.2, -0.15) is 5.10 Å². The summed E-state index contributed by atoms with van der Waals surface area (Å²) in [5.41, 5.74) is 2.90. The maximum atomic E-state index is 13.5. The third kappa shape index (κ3) is 4.52. The van der Waals surface area contributed by atoms with Crippen LogP contribution in [0.2, 0.25) is 5.02 Å². The van der Waals surface area contributed by atoms with Gasteiger partial charge >= 0.3 is 0 Å². The van der Waals surface area contributed by atoms with Crippen molar-refractivity contribution < 1.29 is 19.1 Å². The monoisotopic (exact) mass is 519 g/mol. The van der Waals surface area contributed by atoms with Gasteiger partial charge in [0.1, 0.15) is 11.4 Å². The van der Waals surface area contributed by atoms with Crippen molar-refractivity contribution in [1.82, 2.24) is 15.1 Å². The number of nitrogens with one attached hydrogen (secondary N) is 3. The van der Waals surface area contributed by atoms with Gasteiger partial charge in [-0.1, -0.05) is 35.9 Å². The molecule has 2 aromatic carbocycles. The van der Waals surface area contributed by atoms with E-state index in [2.05, 4.69) is 21.0 Å². The molecule has 37 heavy (non-hydrogen) atoms. The van der Waals surface area contributed by atoms with Gasteiger partial charge in [0.25, 0.3) is 11.8 Å². The molecule has 10 heteroatoms. The van der Waals surface area contributed by atoms with Crippen molar-refractivity contribution in [2.75, 3.05) is 23.8 Å². The lowest BCUT2D eigenvalue weighted by Gasteiger charge is -2.31. The van der Waals surface area contributed by atoms with Crippen molar-refractivity contribution in [2.45, 2.75) is 25.2 Å². The lowest BCUT2D eigenvalue weighted by Crippen LogP contribution is -2.39. The second-order valence-corrected chi connectivity index (χ2v) is 9.54. The van der Waals surface area contributed by atoms with Crippen LogP contribution >= 0.6 is 11.6 Å². The summed E-state index contributed by atoms with van der Waals surface area (Å²) in [5, 5.41) is 13.0. The molecule has 190 valence electrons. The first-order valence-corrected chi connectivity index (χ1v) is 12.3. The minimum absolute atomic E-state index is 0.0460. The van der Waals surface area contributed by atoms with E-state index in [0.717, 1.165) is 5.56 Å². The SMILES string of the molecule is C/C(=C(\NC(=O)c1ccnn1C)C(=O)Nc1ccc2c(c1)NC(=O)C21CCOCC1)c1ccccc1Cl. The number of hydrogen-bond donors (Lipinski definition) is 3. The maximum Gasteiger partial charge on any atom is 0.274 e. The number of hydrogen-bond acceptors (Lipinski definition) is 5. The topological polar surface area (TPSA) is 114 Å². The first-order valence-electron chi connectivity index (χ1n) is 11.9. The minimum atomic E-state index is -0.598. The summed E-state index contributed by atoms with van der Waals surface area (Å²) >= 11 is 6.40.